The predicted molar refractivity (Wildman–Crippen MR) is 139 cm³/mol. The third-order valence-corrected chi connectivity index (χ3v) is 6.81. The van der Waals surface area contributed by atoms with E-state index in [0.29, 0.717) is 21.5 Å². The zero-order valence-electron chi connectivity index (χ0n) is 18.7. The average molecular weight is 459 g/mol. The van der Waals surface area contributed by atoms with Crippen molar-refractivity contribution in [1.29, 1.82) is 0 Å². The van der Waals surface area contributed by atoms with Crippen LogP contribution in [0.2, 0.25) is 0 Å². The molecule has 0 aliphatic rings. The van der Waals surface area contributed by atoms with E-state index in [-0.39, 0.29) is 23.0 Å². The van der Waals surface area contributed by atoms with Gasteiger partial charge in [-0.15, -0.1) is 0 Å². The topological polar surface area (TPSA) is 80.9 Å². The first kappa shape index (κ1) is 20.9. The Morgan fingerprint density at radius 2 is 0.857 bits per heavy atom. The van der Waals surface area contributed by atoms with E-state index in [2.05, 4.69) is 18.2 Å². The average Bonchev–Trinajstić information content (AvgIpc) is 2.87. The number of hydrogen-bond donors (Lipinski definition) is 4. The van der Waals surface area contributed by atoms with Crippen LogP contribution in [0, 0.1) is 0 Å². The molecule has 0 radical (unpaired) electrons. The van der Waals surface area contributed by atoms with Crippen LogP contribution in [0.15, 0.2) is 103 Å². The minimum absolute atomic E-state index is 0.0611. The molecule has 6 aromatic rings. The molecule has 0 unspecified atom stereocenters. The van der Waals surface area contributed by atoms with E-state index >= 15 is 0 Å². The molecule has 0 fully saturated rings. The fraction of sp³-hybridized carbons (Fsp3) is 0.0323. The molecule has 0 spiro atoms. The molecule has 6 aromatic carbocycles. The SMILES string of the molecule is Oc1ccc(C(c2cccc3ccccc23)c2ccc(O)c3cccc(O)c23)c2c(O)cccc12. The Balaban J connectivity index is 1.80. The minimum atomic E-state index is -0.422. The van der Waals surface area contributed by atoms with Gasteiger partial charge in [0.25, 0.3) is 0 Å². The zero-order valence-corrected chi connectivity index (χ0v) is 18.7. The number of aromatic hydroxyl groups is 4. The Labute approximate surface area is 201 Å². The van der Waals surface area contributed by atoms with Gasteiger partial charge in [-0.1, -0.05) is 78.9 Å². The molecule has 0 heterocycles. The van der Waals surface area contributed by atoms with Crippen LogP contribution in [0.1, 0.15) is 22.6 Å². The Kier molecular flexibility index (Phi) is 4.75. The molecule has 6 rings (SSSR count). The van der Waals surface area contributed by atoms with Crippen LogP contribution >= 0.6 is 0 Å². The molecular weight excluding hydrogens is 436 g/mol. The van der Waals surface area contributed by atoms with Gasteiger partial charge in [0.2, 0.25) is 0 Å². The summed E-state index contributed by atoms with van der Waals surface area (Å²) in [5.74, 6) is -0.143. The van der Waals surface area contributed by atoms with E-state index in [1.165, 1.54) is 0 Å². The van der Waals surface area contributed by atoms with Gasteiger partial charge in [0.1, 0.15) is 23.0 Å². The molecule has 0 bridgehead atoms. The molecule has 0 aliphatic heterocycles. The fourth-order valence-electron chi connectivity index (χ4n) is 5.28. The second kappa shape index (κ2) is 7.96. The van der Waals surface area contributed by atoms with Crippen molar-refractivity contribution < 1.29 is 20.4 Å². The first-order chi connectivity index (χ1) is 17.0. The maximum Gasteiger partial charge on any atom is 0.123 e. The maximum atomic E-state index is 10.9. The van der Waals surface area contributed by atoms with Crippen molar-refractivity contribution in [2.24, 2.45) is 0 Å². The summed E-state index contributed by atoms with van der Waals surface area (Å²) in [7, 11) is 0. The van der Waals surface area contributed by atoms with Crippen molar-refractivity contribution in [1.82, 2.24) is 0 Å². The van der Waals surface area contributed by atoms with E-state index in [0.717, 1.165) is 27.5 Å². The van der Waals surface area contributed by atoms with E-state index in [9.17, 15) is 20.4 Å². The highest BCUT2D eigenvalue weighted by molar-refractivity contribution is 6.01. The van der Waals surface area contributed by atoms with Gasteiger partial charge >= 0.3 is 0 Å². The van der Waals surface area contributed by atoms with Gasteiger partial charge in [0, 0.05) is 27.5 Å². The highest BCUT2D eigenvalue weighted by Crippen LogP contribution is 2.47. The monoisotopic (exact) mass is 458 g/mol. The first-order valence-electron chi connectivity index (χ1n) is 11.4. The minimum Gasteiger partial charge on any atom is -0.507 e. The standard InChI is InChI=1S/C31H22O4/c32-25-16-14-23(30-21(25)10-4-12-27(30)34)29(20-9-3-7-18-6-1-2-8-19(18)20)24-15-17-26(33)22-11-5-13-28(35)31(22)24/h1-17,29,32-35H. The summed E-state index contributed by atoms with van der Waals surface area (Å²) in [5.41, 5.74) is 2.54. The summed E-state index contributed by atoms with van der Waals surface area (Å²) in [4.78, 5) is 0. The van der Waals surface area contributed by atoms with Crippen molar-refractivity contribution in [3.8, 4) is 23.0 Å². The zero-order chi connectivity index (χ0) is 24.1. The molecule has 0 saturated carbocycles. The first-order valence-corrected chi connectivity index (χ1v) is 11.4. The van der Waals surface area contributed by atoms with E-state index in [4.69, 9.17) is 0 Å². The van der Waals surface area contributed by atoms with Crippen LogP contribution in [0.25, 0.3) is 32.3 Å². The molecule has 4 heteroatoms. The number of rotatable bonds is 3. The summed E-state index contributed by atoms with van der Waals surface area (Å²) in [5, 5.41) is 47.3. The van der Waals surface area contributed by atoms with Gasteiger partial charge < -0.3 is 20.4 Å². The third kappa shape index (κ3) is 3.22. The van der Waals surface area contributed by atoms with E-state index in [1.807, 2.05) is 36.4 Å². The van der Waals surface area contributed by atoms with Crippen LogP contribution in [0.4, 0.5) is 0 Å². The van der Waals surface area contributed by atoms with Gasteiger partial charge in [-0.25, -0.2) is 0 Å². The molecule has 4 nitrogen and oxygen atoms in total. The fourth-order valence-corrected chi connectivity index (χ4v) is 5.28. The smallest absolute Gasteiger partial charge is 0.123 e. The van der Waals surface area contributed by atoms with E-state index < -0.39 is 5.92 Å². The Bertz CT molecular complexity index is 1660. The molecule has 35 heavy (non-hydrogen) atoms. The normalized spacial score (nSPS) is 11.6. The van der Waals surface area contributed by atoms with Crippen LogP contribution in [-0.4, -0.2) is 20.4 Å². The number of phenolic OH excluding ortho intramolecular Hbond substituents is 4. The number of fused-ring (bicyclic) bond motifs is 3. The Hall–Kier alpha value is -4.70. The lowest BCUT2D eigenvalue weighted by Gasteiger charge is -2.25. The molecule has 4 N–H and O–H groups in total. The molecule has 170 valence electrons. The number of phenols is 4. The van der Waals surface area contributed by atoms with Crippen LogP contribution in [0.5, 0.6) is 23.0 Å². The lowest BCUT2D eigenvalue weighted by Crippen LogP contribution is -2.06. The molecule has 0 aliphatic carbocycles. The van der Waals surface area contributed by atoms with E-state index in [1.54, 1.807) is 48.5 Å². The van der Waals surface area contributed by atoms with Crippen molar-refractivity contribution in [3.05, 3.63) is 120 Å². The van der Waals surface area contributed by atoms with Crippen molar-refractivity contribution in [2.45, 2.75) is 5.92 Å². The Morgan fingerprint density at radius 1 is 0.371 bits per heavy atom. The van der Waals surface area contributed by atoms with Gasteiger partial charge in [0.05, 0.1) is 0 Å². The lowest BCUT2D eigenvalue weighted by atomic mass is 9.78. The molecule has 0 atom stereocenters. The third-order valence-electron chi connectivity index (χ3n) is 6.81. The van der Waals surface area contributed by atoms with Crippen molar-refractivity contribution in [2.75, 3.05) is 0 Å². The second-order valence-corrected chi connectivity index (χ2v) is 8.75. The quantitative estimate of drug-likeness (QED) is 0.212. The largest absolute Gasteiger partial charge is 0.507 e. The highest BCUT2D eigenvalue weighted by Gasteiger charge is 2.26. The number of benzene rings is 6. The second-order valence-electron chi connectivity index (χ2n) is 8.75. The van der Waals surface area contributed by atoms with Crippen molar-refractivity contribution in [3.63, 3.8) is 0 Å². The predicted octanol–water partition coefficient (Wildman–Crippen LogP) is 7.15. The van der Waals surface area contributed by atoms with Gasteiger partial charge in [-0.2, -0.15) is 0 Å². The highest BCUT2D eigenvalue weighted by atomic mass is 16.3. The van der Waals surface area contributed by atoms with Gasteiger partial charge in [-0.3, -0.25) is 0 Å². The Morgan fingerprint density at radius 3 is 1.46 bits per heavy atom. The summed E-state index contributed by atoms with van der Waals surface area (Å²) in [6, 6.07) is 31.3. The summed E-state index contributed by atoms with van der Waals surface area (Å²) >= 11 is 0. The molecular formula is C31H22O4. The summed E-state index contributed by atoms with van der Waals surface area (Å²) < 4.78 is 0. The molecule has 0 aromatic heterocycles. The van der Waals surface area contributed by atoms with Crippen LogP contribution in [-0.2, 0) is 0 Å². The maximum absolute atomic E-state index is 10.9. The van der Waals surface area contributed by atoms with Crippen LogP contribution in [0.3, 0.4) is 0 Å². The van der Waals surface area contributed by atoms with Gasteiger partial charge in [0.15, 0.2) is 0 Å². The van der Waals surface area contributed by atoms with Crippen molar-refractivity contribution >= 4 is 32.3 Å². The lowest BCUT2D eigenvalue weighted by molar-refractivity contribution is 0.474. The molecule has 0 amide bonds. The molecule has 0 saturated heterocycles. The number of hydrogen-bond acceptors (Lipinski definition) is 4. The van der Waals surface area contributed by atoms with Gasteiger partial charge in [-0.05, 0) is 51.7 Å². The summed E-state index contributed by atoms with van der Waals surface area (Å²) in [6.45, 7) is 0. The van der Waals surface area contributed by atoms with Crippen LogP contribution < -0.4 is 0 Å². The summed E-state index contributed by atoms with van der Waals surface area (Å²) in [6.07, 6.45) is 0.